The number of alkyl halides is 6. The minimum absolute atomic E-state index is 0. The van der Waals surface area contributed by atoms with Crippen LogP contribution in [0, 0.1) is 0 Å². The molecule has 0 aromatic rings. The molecule has 8 heteroatoms. The first-order valence-corrected chi connectivity index (χ1v) is 1.63. The molecule has 0 fully saturated rings. The van der Waals surface area contributed by atoms with Crippen molar-refractivity contribution in [3.8, 4) is 0 Å². The molecule has 0 atom stereocenters. The molecule has 0 amide bonds. The Labute approximate surface area is 101 Å². The van der Waals surface area contributed by atoms with Crippen molar-refractivity contribution < 1.29 is 84.5 Å². The third kappa shape index (κ3) is 12.1. The molecule has 0 heterocycles. The molecule has 0 aromatic carbocycles. The second kappa shape index (κ2) is 4.39. The van der Waals surface area contributed by atoms with E-state index in [4.69, 9.17) is 0 Å². The monoisotopic (exact) mass is 238 g/mol. The van der Waals surface area contributed by atoms with Crippen LogP contribution in [0.25, 0.3) is 0 Å². The van der Waals surface area contributed by atoms with Crippen LogP contribution in [-0.4, -0.2) is 12.6 Å². The zero-order chi connectivity index (χ0) is 7.71. The van der Waals surface area contributed by atoms with Crippen molar-refractivity contribution in [2.45, 2.75) is 12.6 Å². The van der Waals surface area contributed by atoms with Gasteiger partial charge in [0.1, 0.15) is 0 Å². The summed E-state index contributed by atoms with van der Waals surface area (Å²) >= 11 is 0. The van der Waals surface area contributed by atoms with Crippen molar-refractivity contribution in [2.24, 2.45) is 0 Å². The summed E-state index contributed by atoms with van der Waals surface area (Å²) in [5.74, 6) is 0. The molecule has 56 valence electrons. The second-order valence-corrected chi connectivity index (χ2v) is 1.12. The normalized spacial score (nSPS) is 12.6. The molecule has 0 saturated carbocycles. The van der Waals surface area contributed by atoms with Crippen molar-refractivity contribution in [2.75, 3.05) is 0 Å². The first-order chi connectivity index (χ1) is 3.71. The fourth-order valence-corrected chi connectivity index (χ4v) is 0.161. The van der Waals surface area contributed by atoms with E-state index in [2.05, 4.69) is 0 Å². The van der Waals surface area contributed by atoms with E-state index in [1.807, 2.05) is 0 Å². The van der Waals surface area contributed by atoms with Gasteiger partial charge in [0.25, 0.3) is 0 Å². The van der Waals surface area contributed by atoms with Crippen molar-refractivity contribution in [1.82, 2.24) is 5.32 Å². The van der Waals surface area contributed by atoms with Crippen LogP contribution in [0.5, 0.6) is 0 Å². The van der Waals surface area contributed by atoms with E-state index >= 15 is 0 Å². The molecule has 0 aliphatic rings. The van der Waals surface area contributed by atoms with Gasteiger partial charge in [0.2, 0.25) is 0 Å². The topological polar surface area (TPSA) is 12.0 Å². The van der Waals surface area contributed by atoms with Gasteiger partial charge in [-0.3, -0.25) is 0 Å². The third-order valence-electron chi connectivity index (χ3n) is 0.283. The van der Waals surface area contributed by atoms with E-state index < -0.39 is 17.9 Å². The van der Waals surface area contributed by atoms with E-state index in [0.717, 1.165) is 0 Å². The number of halogens is 6. The number of nitrogens with one attached hydrogen (secondary N) is 1. The summed E-state index contributed by atoms with van der Waals surface area (Å²) < 4.78 is 64.3. The summed E-state index contributed by atoms with van der Waals surface area (Å²) in [5, 5.41) is -0.542. The molecule has 10 heavy (non-hydrogen) atoms. The van der Waals surface area contributed by atoms with Crippen LogP contribution in [0.1, 0.15) is 0 Å². The summed E-state index contributed by atoms with van der Waals surface area (Å²) in [5.41, 5.74) is 0. The molecule has 0 bridgehead atoms. The zero-order valence-corrected chi connectivity index (χ0v) is 9.68. The Hall–Kier alpha value is 1.35. The van der Waals surface area contributed by atoms with Crippen LogP contribution in [0.15, 0.2) is 0 Å². The summed E-state index contributed by atoms with van der Waals surface area (Å²) in [6.45, 7) is 0. The summed E-state index contributed by atoms with van der Waals surface area (Å²) in [6.07, 6.45) is -10.8. The predicted molar refractivity (Wildman–Crippen MR) is 15.2 cm³/mol. The minimum atomic E-state index is -5.39. The van der Waals surface area contributed by atoms with Gasteiger partial charge in [0, 0.05) is 0 Å². The van der Waals surface area contributed by atoms with Crippen molar-refractivity contribution in [1.29, 1.82) is 0 Å². The van der Waals surface area contributed by atoms with Crippen molar-refractivity contribution in [3.63, 3.8) is 0 Å². The SMILES string of the molecule is FC(F)(F)NC(F)(F)F.[Rb+]. The summed E-state index contributed by atoms with van der Waals surface area (Å²) in [6, 6.07) is 0. The maximum Gasteiger partial charge on any atom is 1.00 e. The molecule has 0 spiro atoms. The molecule has 0 unspecified atom stereocenters. The molecule has 1 nitrogen and oxygen atoms in total. The molecule has 1 N–H and O–H groups in total. The van der Waals surface area contributed by atoms with Crippen LogP contribution in [0.3, 0.4) is 0 Å². The Kier molecular flexibility index (Phi) is 6.10. The Bertz CT molecular complexity index is 80.9. The van der Waals surface area contributed by atoms with E-state index in [-0.39, 0.29) is 58.2 Å². The van der Waals surface area contributed by atoms with Gasteiger partial charge < -0.3 is 0 Å². The predicted octanol–water partition coefficient (Wildman–Crippen LogP) is -1.38. The largest absolute Gasteiger partial charge is 1.00 e. The van der Waals surface area contributed by atoms with E-state index in [1.165, 1.54) is 0 Å². The number of hydrogen-bond acceptors (Lipinski definition) is 1. The molecule has 0 saturated heterocycles. The van der Waals surface area contributed by atoms with Gasteiger partial charge in [-0.25, -0.2) is 0 Å². The molecule has 0 aliphatic heterocycles. The van der Waals surface area contributed by atoms with Gasteiger partial charge in [-0.1, -0.05) is 0 Å². The molecular weight excluding hydrogens is 237 g/mol. The fourth-order valence-electron chi connectivity index (χ4n) is 0.161. The Morgan fingerprint density at radius 1 is 0.700 bits per heavy atom. The number of rotatable bonds is 0. The van der Waals surface area contributed by atoms with Gasteiger partial charge in [-0.05, 0) is 0 Å². The van der Waals surface area contributed by atoms with Crippen molar-refractivity contribution in [3.05, 3.63) is 0 Å². The summed E-state index contributed by atoms with van der Waals surface area (Å²) in [7, 11) is 0. The zero-order valence-electron chi connectivity index (χ0n) is 4.77. The van der Waals surface area contributed by atoms with E-state index in [0.29, 0.717) is 0 Å². The molecule has 0 aliphatic carbocycles. The maximum absolute atomic E-state index is 10.7. The third-order valence-corrected chi connectivity index (χ3v) is 0.283. The average Bonchev–Trinajstić information content (AvgIpc) is 1.14. The van der Waals surface area contributed by atoms with E-state index in [9.17, 15) is 26.3 Å². The molecule has 0 rings (SSSR count). The van der Waals surface area contributed by atoms with Gasteiger partial charge in [-0.2, -0.15) is 26.3 Å². The average molecular weight is 238 g/mol. The second-order valence-electron chi connectivity index (χ2n) is 1.12. The molecule has 0 radical (unpaired) electrons. The fraction of sp³-hybridized carbons (Fsp3) is 1.00. The van der Waals surface area contributed by atoms with Crippen LogP contribution in [0.4, 0.5) is 26.3 Å². The van der Waals surface area contributed by atoms with Crippen LogP contribution in [-0.2, 0) is 0 Å². The Morgan fingerprint density at radius 2 is 0.900 bits per heavy atom. The van der Waals surface area contributed by atoms with Crippen LogP contribution < -0.4 is 63.5 Å². The standard InChI is InChI=1S/C2HF6N.Rb/c3-1(4,5)9-2(6,7)8;/h9H;/q;+1. The molecular formula is C2HF6NRb+. The van der Waals surface area contributed by atoms with Gasteiger partial charge in [0.05, 0.1) is 0 Å². The van der Waals surface area contributed by atoms with Crippen LogP contribution in [0.2, 0.25) is 0 Å². The van der Waals surface area contributed by atoms with Gasteiger partial charge >= 0.3 is 70.8 Å². The Balaban J connectivity index is 0. The Morgan fingerprint density at radius 3 is 0.900 bits per heavy atom. The first kappa shape index (κ1) is 13.9. The van der Waals surface area contributed by atoms with Crippen LogP contribution >= 0.6 is 0 Å². The van der Waals surface area contributed by atoms with E-state index in [1.54, 1.807) is 0 Å². The first-order valence-electron chi connectivity index (χ1n) is 1.63. The van der Waals surface area contributed by atoms with Gasteiger partial charge in [-0.15, -0.1) is 5.32 Å². The molecule has 0 aromatic heterocycles. The quantitative estimate of drug-likeness (QED) is 0.405. The summed E-state index contributed by atoms with van der Waals surface area (Å²) in [4.78, 5) is 0. The maximum atomic E-state index is 10.7. The van der Waals surface area contributed by atoms with Gasteiger partial charge in [0.15, 0.2) is 0 Å². The van der Waals surface area contributed by atoms with Crippen molar-refractivity contribution >= 4 is 0 Å². The number of hydrogen-bond donors (Lipinski definition) is 1. The minimum Gasteiger partial charge on any atom is -0.155 e. The smallest absolute Gasteiger partial charge is 0.155 e.